The minimum Gasteiger partial charge on any atom is -0.333 e. The molecule has 16 heavy (non-hydrogen) atoms. The molecule has 84 valence electrons. The highest BCUT2D eigenvalue weighted by Gasteiger charge is 2.08. The summed E-state index contributed by atoms with van der Waals surface area (Å²) in [5.41, 5.74) is 0.906. The highest BCUT2D eigenvalue weighted by atomic mass is 35.5. The molecule has 0 saturated carbocycles. The van der Waals surface area contributed by atoms with Gasteiger partial charge in [-0.3, -0.25) is 4.79 Å². The molecule has 3 nitrogen and oxygen atoms in total. The van der Waals surface area contributed by atoms with E-state index in [2.05, 4.69) is 0 Å². The Labute approximate surface area is 104 Å². The van der Waals surface area contributed by atoms with Crippen molar-refractivity contribution in [3.8, 4) is 6.07 Å². The van der Waals surface area contributed by atoms with Gasteiger partial charge in [-0.25, -0.2) is 0 Å². The number of carbonyl (C=O) groups is 1. The number of nitriles is 1. The Bertz CT molecular complexity index is 440. The Morgan fingerprint density at radius 3 is 2.75 bits per heavy atom. The van der Waals surface area contributed by atoms with Crippen LogP contribution in [0.1, 0.15) is 5.56 Å². The van der Waals surface area contributed by atoms with Gasteiger partial charge in [-0.05, 0) is 24.1 Å². The van der Waals surface area contributed by atoms with E-state index in [0.29, 0.717) is 23.0 Å². The van der Waals surface area contributed by atoms with Gasteiger partial charge in [0.1, 0.15) is 0 Å². The Balaban J connectivity index is 2.62. The molecule has 5 heteroatoms. The molecule has 0 heterocycles. The third kappa shape index (κ3) is 3.41. The number of rotatable bonds is 3. The third-order valence-electron chi connectivity index (χ3n) is 2.17. The zero-order chi connectivity index (χ0) is 12.1. The first kappa shape index (κ1) is 12.8. The minimum absolute atomic E-state index is 0.452. The summed E-state index contributed by atoms with van der Waals surface area (Å²) in [4.78, 5) is 12.3. The molecular weight excluding hydrogens is 247 g/mol. The van der Waals surface area contributed by atoms with E-state index in [9.17, 15) is 4.79 Å². The van der Waals surface area contributed by atoms with E-state index < -0.39 is 5.91 Å². The number of benzene rings is 1. The predicted octanol–water partition coefficient (Wildman–Crippen LogP) is 2.52. The van der Waals surface area contributed by atoms with E-state index >= 15 is 0 Å². The predicted molar refractivity (Wildman–Crippen MR) is 63.4 cm³/mol. The first-order chi connectivity index (χ1) is 7.54. The van der Waals surface area contributed by atoms with E-state index in [1.54, 1.807) is 25.2 Å². The lowest BCUT2D eigenvalue weighted by molar-refractivity contribution is -0.124. The normalized spacial score (nSPS) is 9.62. The van der Waals surface area contributed by atoms with Gasteiger partial charge in [0.05, 0.1) is 0 Å². The maximum Gasteiger partial charge on any atom is 0.324 e. The molecule has 0 aliphatic carbocycles. The third-order valence-corrected chi connectivity index (χ3v) is 2.76. The van der Waals surface area contributed by atoms with Crippen LogP contribution in [0.4, 0.5) is 0 Å². The van der Waals surface area contributed by atoms with Gasteiger partial charge in [-0.1, -0.05) is 29.3 Å². The van der Waals surface area contributed by atoms with Crippen LogP contribution in [0.15, 0.2) is 18.2 Å². The number of likely N-dealkylation sites (N-methyl/N-ethyl adjacent to an activating group) is 1. The van der Waals surface area contributed by atoms with E-state index in [1.807, 2.05) is 6.07 Å². The second-order valence-electron chi connectivity index (χ2n) is 3.32. The molecule has 0 N–H and O–H groups in total. The van der Waals surface area contributed by atoms with Crippen molar-refractivity contribution >= 4 is 29.1 Å². The van der Waals surface area contributed by atoms with E-state index in [4.69, 9.17) is 28.5 Å². The summed E-state index contributed by atoms with van der Waals surface area (Å²) >= 11 is 11.7. The minimum atomic E-state index is -0.551. The Morgan fingerprint density at radius 2 is 2.19 bits per heavy atom. The lowest BCUT2D eigenvalue weighted by Crippen LogP contribution is -2.27. The molecular formula is C11H10Cl2N2O. The van der Waals surface area contributed by atoms with Crippen LogP contribution in [0.2, 0.25) is 10.0 Å². The molecule has 0 aromatic heterocycles. The summed E-state index contributed by atoms with van der Waals surface area (Å²) in [5, 5.41) is 9.56. The van der Waals surface area contributed by atoms with E-state index in [-0.39, 0.29) is 0 Å². The first-order valence-electron chi connectivity index (χ1n) is 4.63. The molecule has 1 aromatic rings. The molecule has 0 fully saturated rings. The lowest BCUT2D eigenvalue weighted by atomic mass is 10.1. The van der Waals surface area contributed by atoms with Gasteiger partial charge >= 0.3 is 5.91 Å². The average Bonchev–Trinajstić information content (AvgIpc) is 2.26. The van der Waals surface area contributed by atoms with E-state index in [1.165, 1.54) is 4.90 Å². The Hall–Kier alpha value is -1.24. The van der Waals surface area contributed by atoms with Crippen molar-refractivity contribution in [2.45, 2.75) is 6.42 Å². The monoisotopic (exact) mass is 256 g/mol. The van der Waals surface area contributed by atoms with Crippen LogP contribution in [0.3, 0.4) is 0 Å². The van der Waals surface area contributed by atoms with Gasteiger partial charge in [0, 0.05) is 23.6 Å². The topological polar surface area (TPSA) is 44.1 Å². The number of carbonyl (C=O) groups excluding carboxylic acids is 1. The van der Waals surface area contributed by atoms with Gasteiger partial charge in [-0.2, -0.15) is 5.26 Å². The molecule has 0 bridgehead atoms. The summed E-state index contributed by atoms with van der Waals surface area (Å²) in [6.07, 6.45) is 0.597. The van der Waals surface area contributed by atoms with Crippen LogP contribution >= 0.6 is 23.2 Å². The second kappa shape index (κ2) is 5.74. The van der Waals surface area contributed by atoms with Crippen LogP contribution < -0.4 is 0 Å². The maximum atomic E-state index is 11.0. The fraction of sp³-hybridized carbons (Fsp3) is 0.273. The Morgan fingerprint density at radius 1 is 1.50 bits per heavy atom. The summed E-state index contributed by atoms with van der Waals surface area (Å²) < 4.78 is 0. The van der Waals surface area contributed by atoms with Crippen LogP contribution in [-0.2, 0) is 11.2 Å². The number of hydrogen-bond donors (Lipinski definition) is 0. The molecule has 0 aliphatic rings. The molecule has 0 saturated heterocycles. The van der Waals surface area contributed by atoms with Gasteiger partial charge < -0.3 is 4.90 Å². The van der Waals surface area contributed by atoms with Crippen molar-refractivity contribution < 1.29 is 4.79 Å². The number of amides is 1. The quantitative estimate of drug-likeness (QED) is 0.781. The van der Waals surface area contributed by atoms with Crippen LogP contribution in [0.5, 0.6) is 0 Å². The molecule has 0 spiro atoms. The standard InChI is InChI=1S/C11H10Cl2N2O/c1-15(11(16)7-14)5-4-8-2-3-9(12)6-10(8)13/h2-3,6H,4-5H2,1H3. The van der Waals surface area contributed by atoms with Crippen molar-refractivity contribution in [2.75, 3.05) is 13.6 Å². The smallest absolute Gasteiger partial charge is 0.324 e. The van der Waals surface area contributed by atoms with Crippen molar-refractivity contribution in [3.05, 3.63) is 33.8 Å². The lowest BCUT2D eigenvalue weighted by Gasteiger charge is -2.13. The van der Waals surface area contributed by atoms with Gasteiger partial charge in [0.2, 0.25) is 0 Å². The highest BCUT2D eigenvalue weighted by molar-refractivity contribution is 6.35. The fourth-order valence-corrected chi connectivity index (χ4v) is 1.70. The summed E-state index contributed by atoms with van der Waals surface area (Å²) in [6, 6.07) is 6.77. The van der Waals surface area contributed by atoms with Crippen molar-refractivity contribution in [2.24, 2.45) is 0 Å². The fourth-order valence-electron chi connectivity index (χ4n) is 1.20. The molecule has 1 aromatic carbocycles. The number of halogens is 2. The molecule has 1 rings (SSSR count). The van der Waals surface area contributed by atoms with Crippen molar-refractivity contribution in [1.82, 2.24) is 4.90 Å². The largest absolute Gasteiger partial charge is 0.333 e. The average molecular weight is 257 g/mol. The number of nitrogens with zero attached hydrogens (tertiary/aromatic N) is 2. The van der Waals surface area contributed by atoms with Crippen LogP contribution in [0, 0.1) is 11.3 Å². The van der Waals surface area contributed by atoms with Crippen LogP contribution in [-0.4, -0.2) is 24.4 Å². The van der Waals surface area contributed by atoms with Gasteiger partial charge in [0.15, 0.2) is 6.07 Å². The highest BCUT2D eigenvalue weighted by Crippen LogP contribution is 2.21. The van der Waals surface area contributed by atoms with E-state index in [0.717, 1.165) is 5.56 Å². The summed E-state index contributed by atoms with van der Waals surface area (Å²) in [6.45, 7) is 0.452. The summed E-state index contributed by atoms with van der Waals surface area (Å²) in [5.74, 6) is -0.551. The van der Waals surface area contributed by atoms with Crippen LogP contribution in [0.25, 0.3) is 0 Å². The Kier molecular flexibility index (Phi) is 4.60. The molecule has 1 amide bonds. The van der Waals surface area contributed by atoms with Crippen molar-refractivity contribution in [3.63, 3.8) is 0 Å². The number of hydrogen-bond acceptors (Lipinski definition) is 2. The van der Waals surface area contributed by atoms with Gasteiger partial charge in [-0.15, -0.1) is 0 Å². The molecule has 0 radical (unpaired) electrons. The first-order valence-corrected chi connectivity index (χ1v) is 5.39. The SMILES string of the molecule is CN(CCc1ccc(Cl)cc1Cl)C(=O)C#N. The summed E-state index contributed by atoms with van der Waals surface area (Å²) in [7, 11) is 1.58. The second-order valence-corrected chi connectivity index (χ2v) is 4.17. The molecule has 0 aliphatic heterocycles. The maximum absolute atomic E-state index is 11.0. The van der Waals surface area contributed by atoms with Gasteiger partial charge in [0.25, 0.3) is 0 Å². The molecule has 0 atom stereocenters. The zero-order valence-corrected chi connectivity index (χ0v) is 10.2. The molecule has 0 unspecified atom stereocenters. The van der Waals surface area contributed by atoms with Crippen molar-refractivity contribution in [1.29, 1.82) is 5.26 Å². The zero-order valence-electron chi connectivity index (χ0n) is 8.70.